The molecular formula is C13H16ClN3O. The summed E-state index contributed by atoms with van der Waals surface area (Å²) in [5.74, 6) is 1.26. The van der Waals surface area contributed by atoms with Gasteiger partial charge in [-0.2, -0.15) is 5.10 Å². The number of hydrogen-bond donors (Lipinski definition) is 1. The van der Waals surface area contributed by atoms with E-state index in [0.717, 1.165) is 5.69 Å². The van der Waals surface area contributed by atoms with Crippen LogP contribution in [-0.2, 0) is 0 Å². The van der Waals surface area contributed by atoms with Crippen molar-refractivity contribution < 1.29 is 4.74 Å². The predicted octanol–water partition coefficient (Wildman–Crippen LogP) is 3.80. The molecule has 0 unspecified atom stereocenters. The molecule has 2 aromatic rings. The maximum absolute atomic E-state index is 5.98. The van der Waals surface area contributed by atoms with Crippen LogP contribution in [0.15, 0.2) is 24.3 Å². The van der Waals surface area contributed by atoms with Crippen LogP contribution in [0, 0.1) is 6.92 Å². The summed E-state index contributed by atoms with van der Waals surface area (Å²) >= 11 is 5.83. The van der Waals surface area contributed by atoms with E-state index in [9.17, 15) is 0 Å². The average Bonchev–Trinajstić information content (AvgIpc) is 2.60. The molecule has 18 heavy (non-hydrogen) atoms. The Balaban J connectivity index is 2.36. The molecule has 1 aromatic heterocycles. The molecule has 2 N–H and O–H groups in total. The van der Waals surface area contributed by atoms with Crippen molar-refractivity contribution in [3.63, 3.8) is 0 Å². The van der Waals surface area contributed by atoms with Gasteiger partial charge in [-0.3, -0.25) is 0 Å². The fourth-order valence-corrected chi connectivity index (χ4v) is 1.73. The number of nitrogens with two attached hydrogens (primary N) is 1. The van der Waals surface area contributed by atoms with Crippen molar-refractivity contribution in [2.24, 2.45) is 0 Å². The molecule has 0 aliphatic rings. The Labute approximate surface area is 111 Å². The number of anilines is 1. The lowest BCUT2D eigenvalue weighted by Gasteiger charge is -2.12. The third kappa shape index (κ3) is 2.43. The van der Waals surface area contributed by atoms with Crippen LogP contribution in [0.5, 0.6) is 11.6 Å². The molecule has 0 aliphatic heterocycles. The summed E-state index contributed by atoms with van der Waals surface area (Å²) in [6.07, 6.45) is 0. The van der Waals surface area contributed by atoms with Crippen molar-refractivity contribution in [3.8, 4) is 11.6 Å². The molecule has 1 aromatic carbocycles. The molecule has 0 radical (unpaired) electrons. The number of rotatable bonds is 3. The maximum atomic E-state index is 5.98. The van der Waals surface area contributed by atoms with Crippen molar-refractivity contribution in [1.82, 2.24) is 9.78 Å². The van der Waals surface area contributed by atoms with Gasteiger partial charge in [-0.05, 0) is 45.0 Å². The summed E-state index contributed by atoms with van der Waals surface area (Å²) in [5, 5.41) is 5.03. The van der Waals surface area contributed by atoms with E-state index in [-0.39, 0.29) is 6.04 Å². The van der Waals surface area contributed by atoms with Gasteiger partial charge in [0.05, 0.1) is 11.7 Å². The topological polar surface area (TPSA) is 53.1 Å². The van der Waals surface area contributed by atoms with Gasteiger partial charge in [-0.25, -0.2) is 4.68 Å². The first-order chi connectivity index (χ1) is 8.49. The number of nitrogens with zero attached hydrogens (tertiary/aromatic N) is 2. The molecule has 5 heteroatoms. The van der Waals surface area contributed by atoms with Crippen LogP contribution in [0.4, 0.5) is 5.69 Å². The summed E-state index contributed by atoms with van der Waals surface area (Å²) in [6.45, 7) is 5.92. The van der Waals surface area contributed by atoms with Crippen LogP contribution >= 0.6 is 11.6 Å². The van der Waals surface area contributed by atoms with Gasteiger partial charge in [-0.15, -0.1) is 0 Å². The van der Waals surface area contributed by atoms with Crippen molar-refractivity contribution >= 4 is 17.3 Å². The molecule has 0 amide bonds. The number of ether oxygens (including phenoxy) is 1. The minimum absolute atomic E-state index is 0.184. The van der Waals surface area contributed by atoms with E-state index < -0.39 is 0 Å². The molecular weight excluding hydrogens is 250 g/mol. The molecule has 0 aliphatic carbocycles. The lowest BCUT2D eigenvalue weighted by Crippen LogP contribution is -2.05. The monoisotopic (exact) mass is 265 g/mol. The van der Waals surface area contributed by atoms with Crippen LogP contribution in [0.25, 0.3) is 0 Å². The number of hydrogen-bond acceptors (Lipinski definition) is 3. The van der Waals surface area contributed by atoms with Crippen molar-refractivity contribution in [1.29, 1.82) is 0 Å². The van der Waals surface area contributed by atoms with Crippen LogP contribution in [-0.4, -0.2) is 9.78 Å². The second kappa shape index (κ2) is 4.90. The summed E-state index contributed by atoms with van der Waals surface area (Å²) in [4.78, 5) is 0. The molecule has 0 bridgehead atoms. The van der Waals surface area contributed by atoms with E-state index in [2.05, 4.69) is 5.10 Å². The molecule has 1 heterocycles. The van der Waals surface area contributed by atoms with E-state index in [1.165, 1.54) is 0 Å². The highest BCUT2D eigenvalue weighted by molar-refractivity contribution is 6.30. The van der Waals surface area contributed by atoms with Gasteiger partial charge in [-0.1, -0.05) is 11.6 Å². The molecule has 0 atom stereocenters. The number of benzene rings is 1. The van der Waals surface area contributed by atoms with Crippen molar-refractivity contribution in [3.05, 3.63) is 35.0 Å². The Bertz CT molecular complexity index is 546. The van der Waals surface area contributed by atoms with Crippen molar-refractivity contribution in [2.75, 3.05) is 5.73 Å². The van der Waals surface area contributed by atoms with Gasteiger partial charge in [0.15, 0.2) is 0 Å². The van der Waals surface area contributed by atoms with Crippen LogP contribution in [0.2, 0.25) is 5.02 Å². The average molecular weight is 266 g/mol. The highest BCUT2D eigenvalue weighted by Crippen LogP contribution is 2.32. The SMILES string of the molecule is Cc1nn(C(C)C)c(Oc2ccc(Cl)cc2)c1N. The third-order valence-electron chi connectivity index (χ3n) is 2.60. The Morgan fingerprint density at radius 1 is 1.28 bits per heavy atom. The summed E-state index contributed by atoms with van der Waals surface area (Å²) in [6, 6.07) is 7.33. The van der Waals surface area contributed by atoms with Crippen LogP contribution in [0.3, 0.4) is 0 Å². The molecule has 2 rings (SSSR count). The van der Waals surface area contributed by atoms with Gasteiger partial charge in [0.1, 0.15) is 11.4 Å². The molecule has 0 fully saturated rings. The van der Waals surface area contributed by atoms with Gasteiger partial charge in [0.2, 0.25) is 5.88 Å². The number of aryl methyl sites for hydroxylation is 1. The Morgan fingerprint density at radius 3 is 2.44 bits per heavy atom. The Hall–Kier alpha value is -1.68. The highest BCUT2D eigenvalue weighted by atomic mass is 35.5. The number of halogens is 1. The molecule has 0 saturated carbocycles. The van der Waals surface area contributed by atoms with E-state index in [4.69, 9.17) is 22.1 Å². The fourth-order valence-electron chi connectivity index (χ4n) is 1.61. The number of nitrogen functional groups attached to an aromatic ring is 1. The molecule has 4 nitrogen and oxygen atoms in total. The summed E-state index contributed by atoms with van der Waals surface area (Å²) in [7, 11) is 0. The minimum atomic E-state index is 0.184. The lowest BCUT2D eigenvalue weighted by atomic mass is 10.3. The summed E-state index contributed by atoms with van der Waals surface area (Å²) in [5.41, 5.74) is 7.32. The lowest BCUT2D eigenvalue weighted by molar-refractivity contribution is 0.390. The summed E-state index contributed by atoms with van der Waals surface area (Å²) < 4.78 is 7.57. The highest BCUT2D eigenvalue weighted by Gasteiger charge is 2.16. The normalized spacial score (nSPS) is 10.9. The molecule has 0 spiro atoms. The standard InChI is InChI=1S/C13H16ClN3O/c1-8(2)17-13(12(15)9(3)16-17)18-11-6-4-10(14)5-7-11/h4-8H,15H2,1-3H3. The Kier molecular flexibility index (Phi) is 3.48. The maximum Gasteiger partial charge on any atom is 0.241 e. The Morgan fingerprint density at radius 2 is 1.89 bits per heavy atom. The van der Waals surface area contributed by atoms with Gasteiger partial charge >= 0.3 is 0 Å². The third-order valence-corrected chi connectivity index (χ3v) is 2.86. The van der Waals surface area contributed by atoms with Gasteiger partial charge in [0, 0.05) is 5.02 Å². The minimum Gasteiger partial charge on any atom is -0.437 e. The van der Waals surface area contributed by atoms with E-state index in [1.54, 1.807) is 28.9 Å². The largest absolute Gasteiger partial charge is 0.437 e. The first kappa shape index (κ1) is 12.8. The second-order valence-corrected chi connectivity index (χ2v) is 4.83. The van der Waals surface area contributed by atoms with Gasteiger partial charge in [0.25, 0.3) is 0 Å². The number of aromatic nitrogens is 2. The molecule has 0 saturated heterocycles. The molecule has 96 valence electrons. The van der Waals surface area contributed by atoms with Crippen LogP contribution in [0.1, 0.15) is 25.6 Å². The predicted molar refractivity (Wildman–Crippen MR) is 73.3 cm³/mol. The zero-order valence-corrected chi connectivity index (χ0v) is 11.4. The van der Waals surface area contributed by atoms with Crippen LogP contribution < -0.4 is 10.5 Å². The zero-order chi connectivity index (χ0) is 13.3. The van der Waals surface area contributed by atoms with Gasteiger partial charge < -0.3 is 10.5 Å². The first-order valence-electron chi connectivity index (χ1n) is 5.77. The van der Waals surface area contributed by atoms with Crippen molar-refractivity contribution in [2.45, 2.75) is 26.8 Å². The van der Waals surface area contributed by atoms with E-state index >= 15 is 0 Å². The second-order valence-electron chi connectivity index (χ2n) is 4.40. The zero-order valence-electron chi connectivity index (χ0n) is 10.6. The quantitative estimate of drug-likeness (QED) is 0.918. The fraction of sp³-hybridized carbons (Fsp3) is 0.308. The first-order valence-corrected chi connectivity index (χ1v) is 6.15. The van der Waals surface area contributed by atoms with E-state index in [1.807, 2.05) is 20.8 Å². The van der Waals surface area contributed by atoms with E-state index in [0.29, 0.717) is 22.3 Å². The smallest absolute Gasteiger partial charge is 0.241 e.